The second-order valence-corrected chi connectivity index (χ2v) is 4.83. The van der Waals surface area contributed by atoms with E-state index in [1.165, 1.54) is 0 Å². The second-order valence-electron chi connectivity index (χ2n) is 3.88. The van der Waals surface area contributed by atoms with Crippen LogP contribution in [0.3, 0.4) is 0 Å². The number of aryl methyl sites for hydroxylation is 1. The summed E-state index contributed by atoms with van der Waals surface area (Å²) in [6.45, 7) is 2.03. The number of nitrogens with two attached hydrogens (primary N) is 1. The van der Waals surface area contributed by atoms with Crippen molar-refractivity contribution < 1.29 is 0 Å². The molecule has 0 saturated heterocycles. The van der Waals surface area contributed by atoms with Crippen LogP contribution in [0.1, 0.15) is 5.56 Å². The third-order valence-electron chi connectivity index (χ3n) is 2.70. The van der Waals surface area contributed by atoms with E-state index < -0.39 is 0 Å². The maximum Gasteiger partial charge on any atom is 0.172 e. The van der Waals surface area contributed by atoms with E-state index >= 15 is 0 Å². The first-order chi connectivity index (χ1) is 8.25. The molecule has 0 aliphatic heterocycles. The first-order valence-corrected chi connectivity index (χ1v) is 6.20. The maximum absolute atomic E-state index is 5.99. The van der Waals surface area contributed by atoms with Crippen LogP contribution in [0.4, 0.5) is 5.82 Å². The minimum Gasteiger partial charge on any atom is -0.383 e. The minimum atomic E-state index is 0.544. The summed E-state index contributed by atoms with van der Waals surface area (Å²) in [7, 11) is 0. The molecule has 0 saturated carbocycles. The van der Waals surface area contributed by atoms with Crippen LogP contribution in [0.25, 0.3) is 21.6 Å². The molecular weight excluding hydrogens is 230 g/mol. The molecular formula is C13H11N3S. The molecule has 0 unspecified atom stereocenters. The Labute approximate surface area is 103 Å². The summed E-state index contributed by atoms with van der Waals surface area (Å²) in [6.07, 6.45) is 0. The predicted octanol–water partition coefficient (Wildman–Crippen LogP) is 3.25. The number of rotatable bonds is 1. The molecule has 84 valence electrons. The number of hydrogen-bond acceptors (Lipinski definition) is 4. The highest BCUT2D eigenvalue weighted by molar-refractivity contribution is 7.13. The molecule has 2 N–H and O–H groups in total. The van der Waals surface area contributed by atoms with Crippen LogP contribution in [0.15, 0.2) is 35.7 Å². The number of thiophene rings is 1. The van der Waals surface area contributed by atoms with Gasteiger partial charge in [-0.15, -0.1) is 11.3 Å². The van der Waals surface area contributed by atoms with E-state index in [0.29, 0.717) is 11.6 Å². The van der Waals surface area contributed by atoms with E-state index in [4.69, 9.17) is 5.73 Å². The van der Waals surface area contributed by atoms with E-state index in [1.54, 1.807) is 11.3 Å². The zero-order valence-corrected chi connectivity index (χ0v) is 10.2. The summed E-state index contributed by atoms with van der Waals surface area (Å²) >= 11 is 1.62. The van der Waals surface area contributed by atoms with Crippen LogP contribution < -0.4 is 5.73 Å². The van der Waals surface area contributed by atoms with Crippen molar-refractivity contribution in [2.45, 2.75) is 6.92 Å². The van der Waals surface area contributed by atoms with Gasteiger partial charge in [-0.05, 0) is 30.0 Å². The van der Waals surface area contributed by atoms with Crippen LogP contribution >= 0.6 is 11.3 Å². The maximum atomic E-state index is 5.99. The number of nitrogen functional groups attached to an aromatic ring is 1. The highest BCUT2D eigenvalue weighted by Gasteiger charge is 2.08. The summed E-state index contributed by atoms with van der Waals surface area (Å²) in [5, 5.41) is 2.93. The Bertz CT molecular complexity index is 674. The van der Waals surface area contributed by atoms with Gasteiger partial charge in [-0.2, -0.15) is 0 Å². The van der Waals surface area contributed by atoms with Gasteiger partial charge >= 0.3 is 0 Å². The average Bonchev–Trinajstić information content (AvgIpc) is 2.84. The first kappa shape index (κ1) is 10.2. The lowest BCUT2D eigenvalue weighted by Crippen LogP contribution is -1.98. The Morgan fingerprint density at radius 1 is 1.12 bits per heavy atom. The third kappa shape index (κ3) is 1.66. The summed E-state index contributed by atoms with van der Waals surface area (Å²) in [6, 6.07) is 9.95. The van der Waals surface area contributed by atoms with Gasteiger partial charge in [0.25, 0.3) is 0 Å². The molecule has 17 heavy (non-hydrogen) atoms. The van der Waals surface area contributed by atoms with Gasteiger partial charge in [0.2, 0.25) is 0 Å². The highest BCUT2D eigenvalue weighted by Crippen LogP contribution is 2.27. The van der Waals surface area contributed by atoms with E-state index in [1.807, 2.05) is 42.6 Å². The molecule has 2 aromatic heterocycles. The summed E-state index contributed by atoms with van der Waals surface area (Å²) < 4.78 is 0. The van der Waals surface area contributed by atoms with Gasteiger partial charge in [-0.25, -0.2) is 9.97 Å². The lowest BCUT2D eigenvalue weighted by molar-refractivity contribution is 1.23. The topological polar surface area (TPSA) is 51.8 Å². The molecule has 0 radical (unpaired) electrons. The first-order valence-electron chi connectivity index (χ1n) is 5.32. The number of para-hydroxylation sites is 1. The number of fused-ring (bicyclic) bond motifs is 1. The molecule has 0 aliphatic carbocycles. The summed E-state index contributed by atoms with van der Waals surface area (Å²) in [5.41, 5.74) is 8.04. The van der Waals surface area contributed by atoms with Crippen molar-refractivity contribution in [3.63, 3.8) is 0 Å². The number of anilines is 1. The van der Waals surface area contributed by atoms with Crippen molar-refractivity contribution in [2.24, 2.45) is 0 Å². The second kappa shape index (κ2) is 3.82. The van der Waals surface area contributed by atoms with Crippen LogP contribution in [-0.2, 0) is 0 Å². The van der Waals surface area contributed by atoms with Crippen LogP contribution in [-0.4, -0.2) is 9.97 Å². The average molecular weight is 241 g/mol. The number of nitrogens with zero attached hydrogens (tertiary/aromatic N) is 2. The quantitative estimate of drug-likeness (QED) is 0.711. The monoisotopic (exact) mass is 241 g/mol. The van der Waals surface area contributed by atoms with Gasteiger partial charge in [-0.1, -0.05) is 18.2 Å². The third-order valence-corrected chi connectivity index (χ3v) is 3.57. The van der Waals surface area contributed by atoms with Crippen molar-refractivity contribution in [1.29, 1.82) is 0 Å². The van der Waals surface area contributed by atoms with E-state index in [0.717, 1.165) is 21.3 Å². The molecule has 0 spiro atoms. The number of hydrogen-bond donors (Lipinski definition) is 1. The standard InChI is InChI=1S/C13H11N3S/c1-8-4-2-5-9-11(8)15-13(16-12(9)14)10-6-3-7-17-10/h2-7H,1H3,(H2,14,15,16). The Morgan fingerprint density at radius 2 is 2.00 bits per heavy atom. The molecule has 4 heteroatoms. The largest absolute Gasteiger partial charge is 0.383 e. The van der Waals surface area contributed by atoms with Crippen LogP contribution in [0, 0.1) is 6.92 Å². The van der Waals surface area contributed by atoms with Crippen molar-refractivity contribution in [3.05, 3.63) is 41.3 Å². The molecule has 3 nitrogen and oxygen atoms in total. The van der Waals surface area contributed by atoms with Gasteiger partial charge in [-0.3, -0.25) is 0 Å². The SMILES string of the molecule is Cc1cccc2c(N)nc(-c3cccs3)nc12. The number of benzene rings is 1. The molecule has 1 aromatic carbocycles. The fourth-order valence-corrected chi connectivity index (χ4v) is 2.49. The lowest BCUT2D eigenvalue weighted by atomic mass is 10.1. The Morgan fingerprint density at radius 3 is 2.76 bits per heavy atom. The fraction of sp³-hybridized carbons (Fsp3) is 0.0769. The van der Waals surface area contributed by atoms with Gasteiger partial charge in [0.05, 0.1) is 10.4 Å². The van der Waals surface area contributed by atoms with Crippen LogP contribution in [0.2, 0.25) is 0 Å². The van der Waals surface area contributed by atoms with Crippen molar-refractivity contribution in [3.8, 4) is 10.7 Å². The Kier molecular flexibility index (Phi) is 2.30. The van der Waals surface area contributed by atoms with Crippen LogP contribution in [0.5, 0.6) is 0 Å². The zero-order valence-electron chi connectivity index (χ0n) is 9.34. The van der Waals surface area contributed by atoms with Crippen molar-refractivity contribution in [2.75, 3.05) is 5.73 Å². The zero-order chi connectivity index (χ0) is 11.8. The lowest BCUT2D eigenvalue weighted by Gasteiger charge is -2.05. The molecule has 2 heterocycles. The minimum absolute atomic E-state index is 0.544. The Hall–Kier alpha value is -1.94. The van der Waals surface area contributed by atoms with Crippen molar-refractivity contribution in [1.82, 2.24) is 9.97 Å². The molecule has 0 atom stereocenters. The predicted molar refractivity (Wildman–Crippen MR) is 72.0 cm³/mol. The van der Waals surface area contributed by atoms with Gasteiger partial charge in [0.1, 0.15) is 5.82 Å². The fourth-order valence-electron chi connectivity index (χ4n) is 1.84. The van der Waals surface area contributed by atoms with E-state index in [2.05, 4.69) is 9.97 Å². The van der Waals surface area contributed by atoms with Crippen molar-refractivity contribution >= 4 is 28.1 Å². The molecule has 0 fully saturated rings. The summed E-state index contributed by atoms with van der Waals surface area (Å²) in [5.74, 6) is 1.25. The number of aromatic nitrogens is 2. The van der Waals surface area contributed by atoms with Gasteiger partial charge in [0, 0.05) is 5.39 Å². The molecule has 0 aliphatic rings. The summed E-state index contributed by atoms with van der Waals surface area (Å²) in [4.78, 5) is 10.0. The molecule has 3 rings (SSSR count). The normalized spacial score (nSPS) is 10.9. The smallest absolute Gasteiger partial charge is 0.172 e. The van der Waals surface area contributed by atoms with E-state index in [9.17, 15) is 0 Å². The highest BCUT2D eigenvalue weighted by atomic mass is 32.1. The molecule has 0 bridgehead atoms. The van der Waals surface area contributed by atoms with Gasteiger partial charge < -0.3 is 5.73 Å². The van der Waals surface area contributed by atoms with Gasteiger partial charge in [0.15, 0.2) is 5.82 Å². The molecule has 0 amide bonds. The molecule has 3 aromatic rings. The van der Waals surface area contributed by atoms with E-state index in [-0.39, 0.29) is 0 Å². The Balaban J connectivity index is 2.34.